The van der Waals surface area contributed by atoms with Crippen LogP contribution in [0.25, 0.3) is 0 Å². The number of hydrogen-bond donors (Lipinski definition) is 0. The van der Waals surface area contributed by atoms with Crippen LogP contribution in [0.1, 0.15) is 15.9 Å². The predicted molar refractivity (Wildman–Crippen MR) is 131 cm³/mol. The molecule has 3 heteroatoms. The van der Waals surface area contributed by atoms with Crippen molar-refractivity contribution in [2.24, 2.45) is 0 Å². The summed E-state index contributed by atoms with van der Waals surface area (Å²) in [6.45, 7) is 1.97. The zero-order valence-corrected chi connectivity index (χ0v) is 18.3. The molecular weight excluding hydrogens is 399 g/mol. The highest BCUT2D eigenvalue weighted by Crippen LogP contribution is 2.55. The SMILES string of the molecule is Cc1ccc(C(=O)C(=O)C[P+](c2ccccc2)(c2ccccc2)c2ccccc2)cc1. The summed E-state index contributed by atoms with van der Waals surface area (Å²) in [6.07, 6.45) is 0.164. The van der Waals surface area contributed by atoms with Crippen LogP contribution < -0.4 is 15.9 Å². The number of carbonyl (C=O) groups is 2. The Hall–Kier alpha value is -3.35. The maximum Gasteiger partial charge on any atom is 0.241 e. The molecule has 0 saturated carbocycles. The van der Waals surface area contributed by atoms with E-state index in [4.69, 9.17) is 0 Å². The van der Waals surface area contributed by atoms with Crippen molar-refractivity contribution in [1.29, 1.82) is 0 Å². The fraction of sp³-hybridized carbons (Fsp3) is 0.0714. The van der Waals surface area contributed by atoms with Crippen LogP contribution in [0.3, 0.4) is 0 Å². The molecule has 0 amide bonds. The van der Waals surface area contributed by atoms with Crippen molar-refractivity contribution in [1.82, 2.24) is 0 Å². The van der Waals surface area contributed by atoms with Crippen LogP contribution in [-0.4, -0.2) is 17.7 Å². The van der Waals surface area contributed by atoms with Crippen LogP contribution in [0.15, 0.2) is 115 Å². The highest BCUT2D eigenvalue weighted by atomic mass is 31.2. The first-order valence-corrected chi connectivity index (χ1v) is 12.3. The Labute approximate surface area is 183 Å². The second-order valence-electron chi connectivity index (χ2n) is 7.59. The van der Waals surface area contributed by atoms with Gasteiger partial charge in [-0.05, 0) is 43.3 Å². The average Bonchev–Trinajstić information content (AvgIpc) is 2.84. The Morgan fingerprint density at radius 2 is 0.968 bits per heavy atom. The molecule has 152 valence electrons. The van der Waals surface area contributed by atoms with Crippen LogP contribution >= 0.6 is 7.26 Å². The van der Waals surface area contributed by atoms with Gasteiger partial charge in [0.05, 0.1) is 0 Å². The van der Waals surface area contributed by atoms with Crippen molar-refractivity contribution >= 4 is 34.7 Å². The zero-order chi connectivity index (χ0) is 21.7. The Morgan fingerprint density at radius 3 is 1.35 bits per heavy atom. The quantitative estimate of drug-likeness (QED) is 0.244. The molecule has 2 nitrogen and oxygen atoms in total. The molecule has 0 aromatic heterocycles. The molecular formula is C28H24O2P+. The van der Waals surface area contributed by atoms with Gasteiger partial charge < -0.3 is 0 Å². The van der Waals surface area contributed by atoms with Crippen LogP contribution in [0.5, 0.6) is 0 Å². The minimum absolute atomic E-state index is 0.164. The second-order valence-corrected chi connectivity index (χ2v) is 11.1. The molecule has 0 bridgehead atoms. The monoisotopic (exact) mass is 423 g/mol. The normalized spacial score (nSPS) is 11.1. The molecule has 0 aliphatic carbocycles. The van der Waals surface area contributed by atoms with Crippen molar-refractivity contribution < 1.29 is 9.59 Å². The van der Waals surface area contributed by atoms with Gasteiger partial charge in [-0.15, -0.1) is 0 Å². The molecule has 4 aromatic rings. The number of hydrogen-bond acceptors (Lipinski definition) is 2. The van der Waals surface area contributed by atoms with Gasteiger partial charge in [0.1, 0.15) is 29.3 Å². The van der Waals surface area contributed by atoms with E-state index in [9.17, 15) is 9.59 Å². The molecule has 0 spiro atoms. The van der Waals surface area contributed by atoms with Gasteiger partial charge in [0.2, 0.25) is 11.6 Å². The van der Waals surface area contributed by atoms with E-state index in [1.165, 1.54) is 0 Å². The van der Waals surface area contributed by atoms with Crippen molar-refractivity contribution in [2.75, 3.05) is 6.16 Å². The molecule has 31 heavy (non-hydrogen) atoms. The van der Waals surface area contributed by atoms with Crippen molar-refractivity contribution in [3.8, 4) is 0 Å². The first-order chi connectivity index (χ1) is 15.1. The topological polar surface area (TPSA) is 34.1 Å². The minimum Gasteiger partial charge on any atom is -0.286 e. The predicted octanol–water partition coefficient (Wildman–Crippen LogP) is 4.74. The number of Topliss-reactive ketones (excluding diaryl/α,β-unsaturated/α-hetero) is 2. The van der Waals surface area contributed by atoms with Gasteiger partial charge in [0.15, 0.2) is 0 Å². The summed E-state index contributed by atoms with van der Waals surface area (Å²) in [7, 11) is -2.36. The largest absolute Gasteiger partial charge is 0.286 e. The molecule has 4 rings (SSSR count). The summed E-state index contributed by atoms with van der Waals surface area (Å²) in [5, 5.41) is 3.28. The van der Waals surface area contributed by atoms with Crippen LogP contribution in [0.4, 0.5) is 0 Å². The Morgan fingerprint density at radius 1 is 0.581 bits per heavy atom. The maximum absolute atomic E-state index is 13.4. The lowest BCUT2D eigenvalue weighted by molar-refractivity contribution is -0.112. The fourth-order valence-corrected chi connectivity index (χ4v) is 7.98. The van der Waals surface area contributed by atoms with E-state index in [-0.39, 0.29) is 11.9 Å². The number of carbonyl (C=O) groups excluding carboxylic acids is 2. The van der Waals surface area contributed by atoms with E-state index in [1.807, 2.05) is 73.7 Å². The van der Waals surface area contributed by atoms with Gasteiger partial charge in [0.25, 0.3) is 0 Å². The smallest absolute Gasteiger partial charge is 0.241 e. The summed E-state index contributed by atoms with van der Waals surface area (Å²) in [5.41, 5.74) is 1.51. The van der Waals surface area contributed by atoms with E-state index >= 15 is 0 Å². The third-order valence-corrected chi connectivity index (χ3v) is 9.84. The highest BCUT2D eigenvalue weighted by molar-refractivity contribution is 7.96. The zero-order valence-electron chi connectivity index (χ0n) is 17.4. The average molecular weight is 423 g/mol. The number of benzene rings is 4. The Balaban J connectivity index is 1.87. The summed E-state index contributed by atoms with van der Waals surface area (Å²) in [5.74, 6) is -0.777. The molecule has 0 fully saturated rings. The highest BCUT2D eigenvalue weighted by Gasteiger charge is 2.48. The molecule has 0 aliphatic heterocycles. The number of rotatable bonds is 7. The summed E-state index contributed by atoms with van der Waals surface area (Å²) in [4.78, 5) is 26.5. The maximum atomic E-state index is 13.4. The molecule has 0 aliphatic rings. The lowest BCUT2D eigenvalue weighted by Gasteiger charge is -2.26. The summed E-state index contributed by atoms with van der Waals surface area (Å²) in [6, 6.07) is 37.7. The van der Waals surface area contributed by atoms with Crippen LogP contribution in [0.2, 0.25) is 0 Å². The Kier molecular flexibility index (Phi) is 6.21. The molecule has 0 atom stereocenters. The lowest BCUT2D eigenvalue weighted by Crippen LogP contribution is -2.37. The van der Waals surface area contributed by atoms with Crippen molar-refractivity contribution in [2.45, 2.75) is 6.92 Å². The second kappa shape index (κ2) is 9.20. The Bertz CT molecular complexity index is 1070. The van der Waals surface area contributed by atoms with E-state index in [1.54, 1.807) is 12.1 Å². The van der Waals surface area contributed by atoms with Gasteiger partial charge >= 0.3 is 0 Å². The molecule has 4 aromatic carbocycles. The van der Waals surface area contributed by atoms with Gasteiger partial charge in [0, 0.05) is 5.56 Å². The van der Waals surface area contributed by atoms with Gasteiger partial charge in [-0.1, -0.05) is 84.4 Å². The van der Waals surface area contributed by atoms with Crippen LogP contribution in [0, 0.1) is 6.92 Å². The van der Waals surface area contributed by atoms with Crippen molar-refractivity contribution in [3.63, 3.8) is 0 Å². The molecule has 0 N–H and O–H groups in total. The van der Waals surface area contributed by atoms with Gasteiger partial charge in [-0.2, -0.15) is 0 Å². The lowest BCUT2D eigenvalue weighted by atomic mass is 10.1. The number of aryl methyl sites for hydroxylation is 1. The van der Waals surface area contributed by atoms with E-state index in [0.717, 1.165) is 21.5 Å². The van der Waals surface area contributed by atoms with Crippen molar-refractivity contribution in [3.05, 3.63) is 126 Å². The van der Waals surface area contributed by atoms with Crippen LogP contribution in [-0.2, 0) is 4.79 Å². The molecule has 0 heterocycles. The van der Waals surface area contributed by atoms with E-state index < -0.39 is 13.0 Å². The third kappa shape index (κ3) is 4.26. The van der Waals surface area contributed by atoms with E-state index in [0.29, 0.717) is 5.56 Å². The standard InChI is InChI=1S/C28H24O2P/c1-22-17-19-23(20-18-22)28(30)27(29)21-31(24-11-5-2-6-12-24,25-13-7-3-8-14-25)26-15-9-4-10-16-26/h2-20H,21H2,1H3/q+1. The fourth-order valence-electron chi connectivity index (χ4n) is 3.92. The molecule has 0 saturated heterocycles. The molecule has 0 unspecified atom stereocenters. The summed E-state index contributed by atoms with van der Waals surface area (Å²) >= 11 is 0. The first kappa shape index (κ1) is 20.9. The third-order valence-electron chi connectivity index (χ3n) is 5.54. The minimum atomic E-state index is -2.36. The molecule has 0 radical (unpaired) electrons. The summed E-state index contributed by atoms with van der Waals surface area (Å²) < 4.78 is 0. The number of ketones is 2. The first-order valence-electron chi connectivity index (χ1n) is 10.3. The van der Waals surface area contributed by atoms with Gasteiger partial charge in [-0.25, -0.2) is 0 Å². The van der Waals surface area contributed by atoms with Gasteiger partial charge in [-0.3, -0.25) is 9.59 Å². The van der Waals surface area contributed by atoms with E-state index in [2.05, 4.69) is 36.4 Å².